The van der Waals surface area contributed by atoms with Gasteiger partial charge in [0, 0.05) is 63.2 Å². The molecule has 3 rings (SSSR count). The quantitative estimate of drug-likeness (QED) is 0.503. The van der Waals surface area contributed by atoms with Gasteiger partial charge < -0.3 is 25.4 Å². The number of urea groups is 1. The second-order valence-electron chi connectivity index (χ2n) is 10.1. The third-order valence-electron chi connectivity index (χ3n) is 6.71. The van der Waals surface area contributed by atoms with Crippen molar-refractivity contribution >= 4 is 29.0 Å². The van der Waals surface area contributed by atoms with Crippen LogP contribution in [-0.2, 0) is 28.5 Å². The number of hydrogen-bond donors (Lipinski definition) is 2. The van der Waals surface area contributed by atoms with Crippen molar-refractivity contribution in [3.63, 3.8) is 0 Å². The lowest BCUT2D eigenvalue weighted by Crippen LogP contribution is -2.53. The van der Waals surface area contributed by atoms with Gasteiger partial charge in [0.25, 0.3) is 0 Å². The van der Waals surface area contributed by atoms with Crippen molar-refractivity contribution in [3.05, 3.63) is 29.5 Å². The fourth-order valence-electron chi connectivity index (χ4n) is 4.91. The standard InChI is InChI=1S/C25H38N6O5/c1-6-36-21(32)9-10-30(23(26)33)16-25(3,4)22-19-13-18(7-8-20(19)28(5)27-22)15-29-11-12-31(24(34)35)17(2)14-29/h7-8,13,17H,6,9-12,14-16H2,1-5H3,(H2,26,33)(H,34,35)/t17-/m0/s1. The average molecular weight is 503 g/mol. The molecule has 1 aromatic heterocycles. The first kappa shape index (κ1) is 27.3. The molecular weight excluding hydrogens is 464 g/mol. The Morgan fingerprint density at radius 1 is 1.28 bits per heavy atom. The Hall–Kier alpha value is -3.34. The molecule has 11 heteroatoms. The number of nitrogens with two attached hydrogens (primary N) is 1. The van der Waals surface area contributed by atoms with Crippen LogP contribution in [0.3, 0.4) is 0 Å². The minimum atomic E-state index is -0.877. The Balaban J connectivity index is 1.80. The predicted molar refractivity (Wildman–Crippen MR) is 136 cm³/mol. The van der Waals surface area contributed by atoms with Crippen molar-refractivity contribution in [3.8, 4) is 0 Å². The van der Waals surface area contributed by atoms with Crippen molar-refractivity contribution in [2.24, 2.45) is 12.8 Å². The fraction of sp³-hybridized carbons (Fsp3) is 0.600. The van der Waals surface area contributed by atoms with Gasteiger partial charge in [-0.05, 0) is 31.5 Å². The van der Waals surface area contributed by atoms with Crippen molar-refractivity contribution in [2.75, 3.05) is 39.3 Å². The molecule has 3 N–H and O–H groups in total. The van der Waals surface area contributed by atoms with Gasteiger partial charge >= 0.3 is 18.1 Å². The van der Waals surface area contributed by atoms with Crippen LogP contribution in [0.15, 0.2) is 18.2 Å². The van der Waals surface area contributed by atoms with E-state index in [9.17, 15) is 19.5 Å². The highest BCUT2D eigenvalue weighted by Crippen LogP contribution is 2.31. The van der Waals surface area contributed by atoms with Crippen LogP contribution in [0, 0.1) is 0 Å². The Kier molecular flexibility index (Phi) is 8.44. The summed E-state index contributed by atoms with van der Waals surface area (Å²) in [5.74, 6) is -0.368. The molecule has 0 aliphatic carbocycles. The first-order valence-electron chi connectivity index (χ1n) is 12.3. The molecule has 2 aromatic rings. The van der Waals surface area contributed by atoms with E-state index in [0.717, 1.165) is 22.2 Å². The van der Waals surface area contributed by atoms with Gasteiger partial charge in [0.1, 0.15) is 0 Å². The van der Waals surface area contributed by atoms with E-state index in [4.69, 9.17) is 15.6 Å². The van der Waals surface area contributed by atoms with Crippen LogP contribution in [0.1, 0.15) is 45.4 Å². The molecule has 0 radical (unpaired) electrons. The minimum absolute atomic E-state index is 0.0674. The number of benzene rings is 1. The van der Waals surface area contributed by atoms with E-state index >= 15 is 0 Å². The van der Waals surface area contributed by atoms with Gasteiger partial charge in [-0.25, -0.2) is 9.59 Å². The average Bonchev–Trinajstić information content (AvgIpc) is 3.13. The first-order valence-corrected chi connectivity index (χ1v) is 12.3. The number of esters is 1. The third kappa shape index (κ3) is 6.26. The zero-order chi connectivity index (χ0) is 26.6. The number of hydrogen-bond acceptors (Lipinski definition) is 6. The third-order valence-corrected chi connectivity index (χ3v) is 6.71. The molecule has 1 saturated heterocycles. The molecule has 2 heterocycles. The van der Waals surface area contributed by atoms with E-state index in [1.54, 1.807) is 6.92 Å². The lowest BCUT2D eigenvalue weighted by molar-refractivity contribution is -0.143. The molecule has 0 spiro atoms. The van der Waals surface area contributed by atoms with E-state index in [1.165, 1.54) is 9.80 Å². The van der Waals surface area contributed by atoms with Gasteiger partial charge in [0.05, 0.1) is 24.2 Å². The summed E-state index contributed by atoms with van der Waals surface area (Å²) < 4.78 is 6.81. The second-order valence-corrected chi connectivity index (χ2v) is 10.1. The topological polar surface area (TPSA) is 134 Å². The van der Waals surface area contributed by atoms with Crippen LogP contribution in [0.25, 0.3) is 10.9 Å². The van der Waals surface area contributed by atoms with Crippen LogP contribution in [0.4, 0.5) is 9.59 Å². The lowest BCUT2D eigenvalue weighted by atomic mass is 9.86. The summed E-state index contributed by atoms with van der Waals surface area (Å²) in [7, 11) is 1.89. The number of aryl methyl sites for hydroxylation is 1. The van der Waals surface area contributed by atoms with Crippen LogP contribution < -0.4 is 5.73 Å². The summed E-state index contributed by atoms with van der Waals surface area (Å²) in [5, 5.41) is 15.1. The summed E-state index contributed by atoms with van der Waals surface area (Å²) >= 11 is 0. The number of ether oxygens (including phenoxy) is 1. The van der Waals surface area contributed by atoms with E-state index in [1.807, 2.05) is 38.6 Å². The van der Waals surface area contributed by atoms with Gasteiger partial charge in [-0.1, -0.05) is 19.9 Å². The van der Waals surface area contributed by atoms with Gasteiger partial charge in [-0.2, -0.15) is 5.10 Å². The lowest BCUT2D eigenvalue weighted by Gasteiger charge is -2.38. The molecule has 198 valence electrons. The molecule has 1 aliphatic heterocycles. The summed E-state index contributed by atoms with van der Waals surface area (Å²) in [6, 6.07) is 5.58. The predicted octanol–water partition coefficient (Wildman–Crippen LogP) is 2.37. The monoisotopic (exact) mass is 502 g/mol. The SMILES string of the molecule is CCOC(=O)CCN(CC(C)(C)c1nn(C)c2ccc(CN3CCN(C(=O)O)[C@@H](C)C3)cc12)C(N)=O. The molecule has 36 heavy (non-hydrogen) atoms. The van der Waals surface area contributed by atoms with Crippen molar-refractivity contribution in [2.45, 2.75) is 52.1 Å². The smallest absolute Gasteiger partial charge is 0.407 e. The number of amides is 3. The number of carbonyl (C=O) groups is 3. The first-order chi connectivity index (χ1) is 16.9. The molecule has 3 amide bonds. The van der Waals surface area contributed by atoms with Gasteiger partial charge in [0.2, 0.25) is 0 Å². The number of piperazine rings is 1. The molecule has 0 saturated carbocycles. The number of carbonyl (C=O) groups excluding carboxylic acids is 2. The zero-order valence-electron chi connectivity index (χ0n) is 21.9. The molecule has 1 aliphatic rings. The second kappa shape index (κ2) is 11.2. The zero-order valence-corrected chi connectivity index (χ0v) is 21.9. The summed E-state index contributed by atoms with van der Waals surface area (Å²) in [6.45, 7) is 11.0. The van der Waals surface area contributed by atoms with Crippen LogP contribution >= 0.6 is 0 Å². The Bertz CT molecular complexity index is 1110. The molecule has 1 aromatic carbocycles. The van der Waals surface area contributed by atoms with Gasteiger partial charge in [-0.15, -0.1) is 0 Å². The molecule has 1 atom stereocenters. The van der Waals surface area contributed by atoms with Crippen LogP contribution in [0.2, 0.25) is 0 Å². The van der Waals surface area contributed by atoms with Gasteiger partial charge in [0.15, 0.2) is 0 Å². The number of rotatable bonds is 9. The molecule has 0 bridgehead atoms. The summed E-state index contributed by atoms with van der Waals surface area (Å²) in [6.07, 6.45) is -0.800. The molecule has 1 fully saturated rings. The van der Waals surface area contributed by atoms with Crippen molar-refractivity contribution in [1.82, 2.24) is 24.5 Å². The number of nitrogens with zero attached hydrogens (tertiary/aromatic N) is 5. The Morgan fingerprint density at radius 3 is 2.61 bits per heavy atom. The normalized spacial score (nSPS) is 16.8. The van der Waals surface area contributed by atoms with Crippen molar-refractivity contribution in [1.29, 1.82) is 0 Å². The van der Waals surface area contributed by atoms with E-state index < -0.39 is 17.5 Å². The fourth-order valence-corrected chi connectivity index (χ4v) is 4.91. The van der Waals surface area contributed by atoms with Crippen LogP contribution in [0.5, 0.6) is 0 Å². The maximum Gasteiger partial charge on any atom is 0.407 e. The summed E-state index contributed by atoms with van der Waals surface area (Å²) in [5.41, 5.74) is 8.02. The summed E-state index contributed by atoms with van der Waals surface area (Å²) in [4.78, 5) is 40.5. The van der Waals surface area contributed by atoms with Gasteiger partial charge in [-0.3, -0.25) is 14.4 Å². The number of fused-ring (bicyclic) bond motifs is 1. The Morgan fingerprint density at radius 2 is 2.00 bits per heavy atom. The maximum atomic E-state index is 12.1. The van der Waals surface area contributed by atoms with E-state index in [0.29, 0.717) is 32.7 Å². The highest BCUT2D eigenvalue weighted by molar-refractivity contribution is 5.84. The van der Waals surface area contributed by atoms with E-state index in [2.05, 4.69) is 17.0 Å². The molecule has 0 unspecified atom stereocenters. The maximum absolute atomic E-state index is 12.1. The molecular formula is C25H38N6O5. The van der Waals surface area contributed by atoms with E-state index in [-0.39, 0.29) is 31.6 Å². The van der Waals surface area contributed by atoms with Crippen molar-refractivity contribution < 1.29 is 24.2 Å². The number of aromatic nitrogens is 2. The minimum Gasteiger partial charge on any atom is -0.466 e. The highest BCUT2D eigenvalue weighted by Gasteiger charge is 2.31. The van der Waals surface area contributed by atoms with Crippen LogP contribution in [-0.4, -0.2) is 93.1 Å². The highest BCUT2D eigenvalue weighted by atomic mass is 16.5. The Labute approximate surface area is 211 Å². The number of primary amides is 1. The largest absolute Gasteiger partial charge is 0.466 e. The number of carboxylic acid groups (broad SMARTS) is 1. The molecule has 11 nitrogen and oxygen atoms in total.